The minimum Gasteiger partial charge on any atom is -0.394 e. The second-order valence-electron chi connectivity index (χ2n) is 5.21. The quantitative estimate of drug-likeness (QED) is 0.744. The van der Waals surface area contributed by atoms with E-state index >= 15 is 0 Å². The van der Waals surface area contributed by atoms with E-state index in [0.29, 0.717) is 0 Å². The fourth-order valence-electron chi connectivity index (χ4n) is 3.04. The molecule has 1 fully saturated rings. The molecule has 1 aliphatic rings. The van der Waals surface area contributed by atoms with Crippen molar-refractivity contribution in [2.24, 2.45) is 0 Å². The second kappa shape index (κ2) is 7.83. The summed E-state index contributed by atoms with van der Waals surface area (Å²) in [6.07, 6.45) is 6.80. The zero-order valence-electron chi connectivity index (χ0n) is 12.2. The fourth-order valence-corrected chi connectivity index (χ4v) is 4.97. The van der Waals surface area contributed by atoms with Crippen molar-refractivity contribution in [3.63, 3.8) is 0 Å². The van der Waals surface area contributed by atoms with Crippen LogP contribution in [0.3, 0.4) is 0 Å². The molecule has 0 aliphatic heterocycles. The summed E-state index contributed by atoms with van der Waals surface area (Å²) in [6, 6.07) is 8.81. The van der Waals surface area contributed by atoms with Crippen molar-refractivity contribution in [2.75, 3.05) is 13.2 Å². The molecule has 1 saturated carbocycles. The van der Waals surface area contributed by atoms with Gasteiger partial charge < -0.3 is 8.85 Å². The zero-order chi connectivity index (χ0) is 13.5. The second-order valence-corrected chi connectivity index (χ2v) is 7.16. The lowest BCUT2D eigenvalue weighted by molar-refractivity contribution is 0.225. The summed E-state index contributed by atoms with van der Waals surface area (Å²) in [5.74, 6) is 0.723. The summed E-state index contributed by atoms with van der Waals surface area (Å²) in [7, 11) is -1.70. The van der Waals surface area contributed by atoms with Gasteiger partial charge in [-0.3, -0.25) is 0 Å². The van der Waals surface area contributed by atoms with Crippen LogP contribution < -0.4 is 5.19 Å². The Bertz CT molecular complexity index is 369. The van der Waals surface area contributed by atoms with Gasteiger partial charge in [0.1, 0.15) is 0 Å². The van der Waals surface area contributed by atoms with E-state index in [1.165, 1.54) is 42.9 Å². The molecule has 0 saturated heterocycles. The molecule has 0 unspecified atom stereocenters. The number of rotatable bonds is 6. The smallest absolute Gasteiger partial charge is 0.356 e. The predicted molar refractivity (Wildman–Crippen MR) is 82.3 cm³/mol. The SMILES string of the molecule is CCO[SiH](OCC)c1ccccc1C1CCCCC1. The molecule has 19 heavy (non-hydrogen) atoms. The maximum atomic E-state index is 5.92. The van der Waals surface area contributed by atoms with Gasteiger partial charge in [0.15, 0.2) is 0 Å². The van der Waals surface area contributed by atoms with Gasteiger partial charge in [0.2, 0.25) is 0 Å². The molecule has 0 heterocycles. The molecule has 0 amide bonds. The summed E-state index contributed by atoms with van der Waals surface area (Å²) in [5, 5.41) is 1.37. The summed E-state index contributed by atoms with van der Waals surface area (Å²) in [5.41, 5.74) is 1.50. The van der Waals surface area contributed by atoms with Gasteiger partial charge in [-0.25, -0.2) is 0 Å². The monoisotopic (exact) mass is 278 g/mol. The van der Waals surface area contributed by atoms with Gasteiger partial charge in [0.25, 0.3) is 0 Å². The number of hydrogen-bond acceptors (Lipinski definition) is 2. The van der Waals surface area contributed by atoms with Crippen molar-refractivity contribution >= 4 is 14.5 Å². The number of hydrogen-bond donors (Lipinski definition) is 0. The van der Waals surface area contributed by atoms with Crippen LogP contribution in [0.1, 0.15) is 57.4 Å². The van der Waals surface area contributed by atoms with E-state index in [9.17, 15) is 0 Å². The first kappa shape index (κ1) is 14.8. The molecule has 3 heteroatoms. The first-order valence-electron chi connectivity index (χ1n) is 7.68. The van der Waals surface area contributed by atoms with Crippen LogP contribution in [-0.4, -0.2) is 22.5 Å². The third kappa shape index (κ3) is 3.91. The Balaban J connectivity index is 2.22. The van der Waals surface area contributed by atoms with Crippen LogP contribution in [0.15, 0.2) is 24.3 Å². The third-order valence-corrected chi connectivity index (χ3v) is 6.24. The maximum absolute atomic E-state index is 5.92. The minimum absolute atomic E-state index is 0.723. The highest BCUT2D eigenvalue weighted by Crippen LogP contribution is 2.31. The largest absolute Gasteiger partial charge is 0.394 e. The highest BCUT2D eigenvalue weighted by atomic mass is 28.3. The van der Waals surface area contributed by atoms with E-state index in [2.05, 4.69) is 38.1 Å². The molecule has 0 bridgehead atoms. The minimum atomic E-state index is -1.70. The average molecular weight is 278 g/mol. The van der Waals surface area contributed by atoms with E-state index < -0.39 is 9.28 Å². The lowest BCUT2D eigenvalue weighted by Crippen LogP contribution is -2.40. The Morgan fingerprint density at radius 3 is 2.26 bits per heavy atom. The molecule has 2 nitrogen and oxygen atoms in total. The van der Waals surface area contributed by atoms with E-state index in [1.54, 1.807) is 0 Å². The molecular formula is C16H26O2Si. The van der Waals surface area contributed by atoms with E-state index in [1.807, 2.05) is 0 Å². The van der Waals surface area contributed by atoms with E-state index in [4.69, 9.17) is 8.85 Å². The Kier molecular flexibility index (Phi) is 6.08. The van der Waals surface area contributed by atoms with Gasteiger partial charge in [-0.05, 0) is 43.4 Å². The molecule has 0 aromatic heterocycles. The summed E-state index contributed by atoms with van der Waals surface area (Å²) in [4.78, 5) is 0. The number of benzene rings is 1. The van der Waals surface area contributed by atoms with Crippen molar-refractivity contribution < 1.29 is 8.85 Å². The summed E-state index contributed by atoms with van der Waals surface area (Å²) in [6.45, 7) is 5.61. The van der Waals surface area contributed by atoms with Gasteiger partial charge >= 0.3 is 9.28 Å². The average Bonchev–Trinajstić information content (AvgIpc) is 2.48. The summed E-state index contributed by atoms with van der Waals surface area (Å²) < 4.78 is 11.8. The van der Waals surface area contributed by atoms with Gasteiger partial charge in [-0.1, -0.05) is 43.5 Å². The molecule has 2 rings (SSSR count). The molecule has 0 radical (unpaired) electrons. The molecule has 1 aliphatic carbocycles. The molecule has 0 atom stereocenters. The summed E-state index contributed by atoms with van der Waals surface area (Å²) >= 11 is 0. The molecule has 1 aromatic carbocycles. The zero-order valence-corrected chi connectivity index (χ0v) is 13.4. The fraction of sp³-hybridized carbons (Fsp3) is 0.625. The highest BCUT2D eigenvalue weighted by molar-refractivity contribution is 6.61. The Hall–Kier alpha value is -0.643. The third-order valence-electron chi connectivity index (χ3n) is 3.93. The van der Waals surface area contributed by atoms with Crippen LogP contribution >= 0.6 is 0 Å². The maximum Gasteiger partial charge on any atom is 0.356 e. The van der Waals surface area contributed by atoms with Crippen LogP contribution in [-0.2, 0) is 8.85 Å². The van der Waals surface area contributed by atoms with Crippen LogP contribution in [0, 0.1) is 0 Å². The Morgan fingerprint density at radius 2 is 1.63 bits per heavy atom. The van der Waals surface area contributed by atoms with Crippen molar-refractivity contribution in [1.29, 1.82) is 0 Å². The van der Waals surface area contributed by atoms with E-state index in [-0.39, 0.29) is 0 Å². The van der Waals surface area contributed by atoms with Gasteiger partial charge in [0, 0.05) is 13.2 Å². The standard InChI is InChI=1S/C16H26O2Si/c1-3-17-19(18-4-2)16-13-9-8-12-15(16)14-10-6-5-7-11-14/h8-9,12-14,19H,3-7,10-11H2,1-2H3. The lowest BCUT2D eigenvalue weighted by Gasteiger charge is -2.26. The molecule has 0 N–H and O–H groups in total. The van der Waals surface area contributed by atoms with Crippen molar-refractivity contribution in [2.45, 2.75) is 51.9 Å². The Morgan fingerprint density at radius 1 is 1.00 bits per heavy atom. The first-order valence-corrected chi connectivity index (χ1v) is 9.20. The van der Waals surface area contributed by atoms with Crippen LogP contribution in [0.4, 0.5) is 0 Å². The van der Waals surface area contributed by atoms with Crippen LogP contribution in [0.5, 0.6) is 0 Å². The van der Waals surface area contributed by atoms with Gasteiger partial charge in [-0.15, -0.1) is 0 Å². The van der Waals surface area contributed by atoms with E-state index in [0.717, 1.165) is 19.1 Å². The molecule has 1 aromatic rings. The topological polar surface area (TPSA) is 18.5 Å². The molecule has 0 spiro atoms. The Labute approximate surface area is 119 Å². The molecule has 106 valence electrons. The highest BCUT2D eigenvalue weighted by Gasteiger charge is 2.24. The van der Waals surface area contributed by atoms with Gasteiger partial charge in [0.05, 0.1) is 0 Å². The van der Waals surface area contributed by atoms with Crippen molar-refractivity contribution in [3.05, 3.63) is 29.8 Å². The lowest BCUT2D eigenvalue weighted by atomic mass is 9.84. The van der Waals surface area contributed by atoms with Crippen LogP contribution in [0.25, 0.3) is 0 Å². The van der Waals surface area contributed by atoms with Crippen LogP contribution in [0.2, 0.25) is 0 Å². The van der Waals surface area contributed by atoms with Gasteiger partial charge in [-0.2, -0.15) is 0 Å². The normalized spacial score (nSPS) is 17.0. The van der Waals surface area contributed by atoms with Crippen molar-refractivity contribution in [1.82, 2.24) is 0 Å². The van der Waals surface area contributed by atoms with Crippen molar-refractivity contribution in [3.8, 4) is 0 Å². The predicted octanol–water partition coefficient (Wildman–Crippen LogP) is 3.23. The first-order chi connectivity index (χ1) is 9.36. The molecular weight excluding hydrogens is 252 g/mol.